The quantitative estimate of drug-likeness (QED) is 0.115. The monoisotopic (exact) mass is 694 g/mol. The van der Waals surface area contributed by atoms with Gasteiger partial charge in [-0.15, -0.1) is 0 Å². The van der Waals surface area contributed by atoms with Crippen LogP contribution in [0.25, 0.3) is 22.2 Å². The molecular weight excluding hydrogens is 656 g/mol. The Labute approximate surface area is 278 Å². The first kappa shape index (κ1) is 30.8. The molecular formula is C36H39BrN6O2Si. The van der Waals surface area contributed by atoms with E-state index < -0.39 is 8.32 Å². The summed E-state index contributed by atoms with van der Waals surface area (Å²) in [5.74, 6) is 0.814. The SMILES string of the molecule is CC(C)(C)[Si](OCCCCn1c(Cn2c(=O)n(C3CC3)c3ccncc32)nc2cc(Br)cnc21)(c1ccccc1)c1ccccc1. The molecule has 0 radical (unpaired) electrons. The van der Waals surface area contributed by atoms with E-state index in [0.717, 1.165) is 64.7 Å². The topological polar surface area (TPSA) is 79.8 Å². The highest BCUT2D eigenvalue weighted by molar-refractivity contribution is 9.10. The third-order valence-electron chi connectivity index (χ3n) is 9.12. The average Bonchev–Trinajstić information content (AvgIpc) is 3.78. The van der Waals surface area contributed by atoms with Crippen molar-refractivity contribution in [1.82, 2.24) is 28.7 Å². The molecule has 0 aliphatic heterocycles. The Morgan fingerprint density at radius 3 is 2.26 bits per heavy atom. The molecule has 4 heterocycles. The van der Waals surface area contributed by atoms with Crippen molar-refractivity contribution in [2.24, 2.45) is 0 Å². The number of fused-ring (bicyclic) bond motifs is 2. The normalized spacial score (nSPS) is 14.0. The molecule has 6 aromatic rings. The summed E-state index contributed by atoms with van der Waals surface area (Å²) >= 11 is 3.56. The van der Waals surface area contributed by atoms with Gasteiger partial charge in [-0.2, -0.15) is 0 Å². The van der Waals surface area contributed by atoms with Crippen LogP contribution in [0.15, 0.2) is 101 Å². The zero-order valence-corrected chi connectivity index (χ0v) is 29.2. The number of hydrogen-bond donors (Lipinski definition) is 0. The Hall–Kier alpha value is -3.86. The van der Waals surface area contributed by atoms with Crippen molar-refractivity contribution in [3.63, 3.8) is 0 Å². The molecule has 0 bridgehead atoms. The highest BCUT2D eigenvalue weighted by Gasteiger charge is 2.50. The van der Waals surface area contributed by atoms with E-state index >= 15 is 0 Å². The van der Waals surface area contributed by atoms with Crippen molar-refractivity contribution < 1.29 is 4.43 Å². The molecule has 10 heteroatoms. The van der Waals surface area contributed by atoms with Crippen LogP contribution in [-0.4, -0.2) is 43.6 Å². The predicted molar refractivity (Wildman–Crippen MR) is 189 cm³/mol. The summed E-state index contributed by atoms with van der Waals surface area (Å²) in [5.41, 5.74) is 3.41. The van der Waals surface area contributed by atoms with Crippen molar-refractivity contribution in [3.8, 4) is 0 Å². The number of pyridine rings is 2. The molecule has 7 rings (SSSR count). The van der Waals surface area contributed by atoms with Gasteiger partial charge in [-0.3, -0.25) is 14.1 Å². The molecule has 8 nitrogen and oxygen atoms in total. The van der Waals surface area contributed by atoms with Gasteiger partial charge >= 0.3 is 5.69 Å². The van der Waals surface area contributed by atoms with Gasteiger partial charge in [0.15, 0.2) is 5.65 Å². The summed E-state index contributed by atoms with van der Waals surface area (Å²) in [4.78, 5) is 27.8. The highest BCUT2D eigenvalue weighted by Crippen LogP contribution is 2.37. The van der Waals surface area contributed by atoms with Gasteiger partial charge in [0.05, 0.1) is 23.8 Å². The lowest BCUT2D eigenvalue weighted by molar-refractivity contribution is 0.285. The molecule has 0 amide bonds. The van der Waals surface area contributed by atoms with E-state index in [4.69, 9.17) is 14.4 Å². The maximum absolute atomic E-state index is 13.7. The molecule has 1 fully saturated rings. The van der Waals surface area contributed by atoms with Crippen molar-refractivity contribution in [2.45, 2.75) is 70.6 Å². The number of unbranched alkanes of at least 4 members (excludes halogenated alkanes) is 1. The number of benzene rings is 2. The van der Waals surface area contributed by atoms with E-state index in [-0.39, 0.29) is 16.8 Å². The first-order chi connectivity index (χ1) is 22.3. The summed E-state index contributed by atoms with van der Waals surface area (Å²) in [6.45, 7) is 8.65. The standard InChI is InChI=1S/C36H39BrN6O2Si/c1-36(2,3)46(28-12-6-4-7-13-28,29-14-8-5-9-15-29)45-21-11-10-20-41-33(40-30-22-26(37)23-39-34(30)41)25-42-32-24-38-19-18-31(32)43(35(42)44)27-16-17-27/h4-9,12-15,18-19,22-24,27H,10-11,16-17,20-21,25H2,1-3H3. The minimum absolute atomic E-state index is 0.00283. The summed E-state index contributed by atoms with van der Waals surface area (Å²) in [6, 6.07) is 25.8. The molecule has 0 spiro atoms. The summed E-state index contributed by atoms with van der Waals surface area (Å²) < 4.78 is 13.9. The average molecular weight is 696 g/mol. The molecule has 236 valence electrons. The zero-order valence-electron chi connectivity index (χ0n) is 26.6. The lowest BCUT2D eigenvalue weighted by Crippen LogP contribution is -2.66. The minimum Gasteiger partial charge on any atom is -0.407 e. The number of aromatic nitrogens is 6. The van der Waals surface area contributed by atoms with Crippen LogP contribution in [0.2, 0.25) is 5.04 Å². The first-order valence-electron chi connectivity index (χ1n) is 16.1. The zero-order chi connectivity index (χ0) is 31.9. The molecule has 0 saturated heterocycles. The van der Waals surface area contributed by atoms with Crippen LogP contribution in [0.4, 0.5) is 0 Å². The molecule has 0 unspecified atom stereocenters. The lowest BCUT2D eigenvalue weighted by Gasteiger charge is -2.43. The number of hydrogen-bond acceptors (Lipinski definition) is 5. The Morgan fingerprint density at radius 2 is 1.61 bits per heavy atom. The second-order valence-electron chi connectivity index (χ2n) is 13.2. The Kier molecular flexibility index (Phi) is 8.29. The fraction of sp³-hybridized carbons (Fsp3) is 0.333. The number of halogens is 1. The Morgan fingerprint density at radius 1 is 0.913 bits per heavy atom. The van der Waals surface area contributed by atoms with Crippen LogP contribution in [0.3, 0.4) is 0 Å². The summed E-state index contributed by atoms with van der Waals surface area (Å²) in [5, 5.41) is 2.51. The van der Waals surface area contributed by atoms with E-state index in [9.17, 15) is 4.79 Å². The number of nitrogens with zero attached hydrogens (tertiary/aromatic N) is 6. The maximum atomic E-state index is 13.7. The molecule has 1 saturated carbocycles. The van der Waals surface area contributed by atoms with E-state index in [1.54, 1.807) is 12.4 Å². The van der Waals surface area contributed by atoms with Gasteiger partial charge in [-0.05, 0) is 69.2 Å². The predicted octanol–water partition coefficient (Wildman–Crippen LogP) is 6.45. The van der Waals surface area contributed by atoms with E-state index in [1.165, 1.54) is 10.4 Å². The molecule has 2 aromatic carbocycles. The summed E-state index contributed by atoms with van der Waals surface area (Å²) in [7, 11) is -2.59. The lowest BCUT2D eigenvalue weighted by atomic mass is 10.2. The molecule has 0 N–H and O–H groups in total. The van der Waals surface area contributed by atoms with Crippen molar-refractivity contribution in [3.05, 3.63) is 112 Å². The fourth-order valence-electron chi connectivity index (χ4n) is 6.85. The van der Waals surface area contributed by atoms with Crippen LogP contribution in [-0.2, 0) is 17.5 Å². The van der Waals surface area contributed by atoms with Gasteiger partial charge in [-0.1, -0.05) is 81.4 Å². The Bertz CT molecular complexity index is 2000. The molecule has 1 aliphatic carbocycles. The van der Waals surface area contributed by atoms with E-state index in [1.807, 2.05) is 27.5 Å². The summed E-state index contributed by atoms with van der Waals surface area (Å²) in [6.07, 6.45) is 9.20. The Balaban J connectivity index is 1.16. The smallest absolute Gasteiger partial charge is 0.329 e. The highest BCUT2D eigenvalue weighted by atomic mass is 79.9. The van der Waals surface area contributed by atoms with E-state index in [0.29, 0.717) is 13.2 Å². The third kappa shape index (κ3) is 5.56. The number of rotatable bonds is 11. The van der Waals surface area contributed by atoms with Crippen LogP contribution < -0.4 is 16.1 Å². The minimum atomic E-state index is -2.59. The van der Waals surface area contributed by atoms with Crippen LogP contribution in [0.5, 0.6) is 0 Å². The van der Waals surface area contributed by atoms with Crippen molar-refractivity contribution >= 4 is 56.8 Å². The number of imidazole rings is 2. The van der Waals surface area contributed by atoms with Crippen molar-refractivity contribution in [2.75, 3.05) is 6.61 Å². The van der Waals surface area contributed by atoms with Gasteiger partial charge in [0.2, 0.25) is 0 Å². The second-order valence-corrected chi connectivity index (χ2v) is 18.5. The molecule has 1 aliphatic rings. The number of aryl methyl sites for hydroxylation is 1. The third-order valence-corrected chi connectivity index (χ3v) is 14.6. The maximum Gasteiger partial charge on any atom is 0.329 e. The van der Waals surface area contributed by atoms with Gasteiger partial charge in [0.1, 0.15) is 11.3 Å². The van der Waals surface area contributed by atoms with Crippen LogP contribution in [0.1, 0.15) is 58.3 Å². The van der Waals surface area contributed by atoms with Crippen LogP contribution in [0, 0.1) is 0 Å². The molecule has 0 atom stereocenters. The molecule has 4 aromatic heterocycles. The first-order valence-corrected chi connectivity index (χ1v) is 18.8. The van der Waals surface area contributed by atoms with Gasteiger partial charge in [0, 0.05) is 36.1 Å². The second kappa shape index (κ2) is 12.4. The van der Waals surface area contributed by atoms with Gasteiger partial charge in [-0.25, -0.2) is 14.8 Å². The van der Waals surface area contributed by atoms with Crippen molar-refractivity contribution in [1.29, 1.82) is 0 Å². The molecule has 46 heavy (non-hydrogen) atoms. The fourth-order valence-corrected chi connectivity index (χ4v) is 11.8. The van der Waals surface area contributed by atoms with Gasteiger partial charge in [0.25, 0.3) is 8.32 Å². The largest absolute Gasteiger partial charge is 0.407 e. The van der Waals surface area contributed by atoms with Gasteiger partial charge < -0.3 is 8.99 Å². The van der Waals surface area contributed by atoms with Crippen LogP contribution >= 0.6 is 15.9 Å². The van der Waals surface area contributed by atoms with E-state index in [2.05, 4.69) is 107 Å².